The molecule has 0 saturated heterocycles. The fourth-order valence-corrected chi connectivity index (χ4v) is 3.12. The Labute approximate surface area is 161 Å². The van der Waals surface area contributed by atoms with Gasteiger partial charge in [0.15, 0.2) is 6.61 Å². The van der Waals surface area contributed by atoms with Crippen molar-refractivity contribution in [1.29, 1.82) is 0 Å². The van der Waals surface area contributed by atoms with E-state index in [-0.39, 0.29) is 22.0 Å². The van der Waals surface area contributed by atoms with Gasteiger partial charge in [-0.1, -0.05) is 22.1 Å². The third kappa shape index (κ3) is 6.32. The Bertz CT molecular complexity index is 842. The Morgan fingerprint density at radius 3 is 2.59 bits per heavy atom. The van der Waals surface area contributed by atoms with Gasteiger partial charge in [0.05, 0.1) is 17.7 Å². The summed E-state index contributed by atoms with van der Waals surface area (Å²) in [5.41, 5.74) is -0.161. The fraction of sp³-hybridized carbons (Fsp3) is 0.267. The number of sulfonamides is 1. The number of hydroxylamine groups is 1. The normalized spacial score (nSPS) is 11.0. The van der Waals surface area contributed by atoms with Crippen molar-refractivity contribution in [2.24, 2.45) is 0 Å². The SMILES string of the molecule is C=CCNC(=O)NC(=O)COC(=O)c1ccc(Cl)c(S(=O)(=O)N(C)OC)c1. The highest BCUT2D eigenvalue weighted by Gasteiger charge is 2.25. The lowest BCUT2D eigenvalue weighted by Gasteiger charge is -2.15. The lowest BCUT2D eigenvalue weighted by molar-refractivity contribution is -0.123. The Kier molecular flexibility index (Phi) is 8.37. The Balaban J connectivity index is 2.82. The van der Waals surface area contributed by atoms with Gasteiger partial charge in [-0.25, -0.2) is 18.0 Å². The zero-order valence-electron chi connectivity index (χ0n) is 14.5. The first kappa shape index (κ1) is 22.6. The van der Waals surface area contributed by atoms with Crippen LogP contribution < -0.4 is 10.6 Å². The third-order valence-electron chi connectivity index (χ3n) is 3.03. The quantitative estimate of drug-likeness (QED) is 0.360. The van der Waals surface area contributed by atoms with Crippen LogP contribution in [-0.2, 0) is 24.4 Å². The molecule has 12 heteroatoms. The van der Waals surface area contributed by atoms with E-state index < -0.39 is 34.5 Å². The van der Waals surface area contributed by atoms with Gasteiger partial charge < -0.3 is 10.1 Å². The first-order chi connectivity index (χ1) is 12.6. The van der Waals surface area contributed by atoms with Crippen molar-refractivity contribution >= 4 is 39.5 Å². The molecule has 10 nitrogen and oxygen atoms in total. The highest BCUT2D eigenvalue weighted by Crippen LogP contribution is 2.25. The summed E-state index contributed by atoms with van der Waals surface area (Å²) in [4.78, 5) is 39.1. The number of esters is 1. The van der Waals surface area contributed by atoms with Crippen LogP contribution in [0.4, 0.5) is 4.79 Å². The van der Waals surface area contributed by atoms with Gasteiger partial charge in [-0.2, -0.15) is 0 Å². The van der Waals surface area contributed by atoms with Gasteiger partial charge >= 0.3 is 12.0 Å². The molecule has 0 atom stereocenters. The summed E-state index contributed by atoms with van der Waals surface area (Å²) in [6, 6.07) is 2.63. The predicted molar refractivity (Wildman–Crippen MR) is 95.4 cm³/mol. The molecular weight excluding hydrogens is 402 g/mol. The molecule has 0 aliphatic heterocycles. The molecule has 0 spiro atoms. The number of carbonyl (C=O) groups excluding carboxylic acids is 3. The molecule has 1 aromatic carbocycles. The molecule has 3 amide bonds. The number of nitrogens with zero attached hydrogens (tertiary/aromatic N) is 1. The molecule has 0 heterocycles. The summed E-state index contributed by atoms with van der Waals surface area (Å²) in [6.07, 6.45) is 1.41. The van der Waals surface area contributed by atoms with Crippen LogP contribution in [0, 0.1) is 0 Å². The molecule has 148 valence electrons. The van der Waals surface area contributed by atoms with Crippen molar-refractivity contribution in [2.75, 3.05) is 27.3 Å². The van der Waals surface area contributed by atoms with Crippen molar-refractivity contribution in [3.63, 3.8) is 0 Å². The minimum Gasteiger partial charge on any atom is -0.452 e. The number of carbonyl (C=O) groups is 3. The third-order valence-corrected chi connectivity index (χ3v) is 5.20. The van der Waals surface area contributed by atoms with Crippen LogP contribution in [0.25, 0.3) is 0 Å². The van der Waals surface area contributed by atoms with Crippen LogP contribution in [-0.4, -0.2) is 58.1 Å². The first-order valence-electron chi connectivity index (χ1n) is 7.31. The molecule has 0 aromatic heterocycles. The average molecular weight is 420 g/mol. The number of benzene rings is 1. The van der Waals surface area contributed by atoms with E-state index >= 15 is 0 Å². The topological polar surface area (TPSA) is 131 Å². The summed E-state index contributed by atoms with van der Waals surface area (Å²) in [5, 5.41) is 4.10. The lowest BCUT2D eigenvalue weighted by atomic mass is 10.2. The average Bonchev–Trinajstić information content (AvgIpc) is 2.63. The standard InChI is InChI=1S/C15H18ClN3O7S/c1-4-7-17-15(22)18-13(20)9-26-14(21)10-5-6-11(16)12(8-10)27(23,24)19(2)25-3/h4-6,8H,1,7,9H2,2-3H3,(H2,17,18,20,22). The molecule has 0 aliphatic carbocycles. The summed E-state index contributed by atoms with van der Waals surface area (Å²) in [6.45, 7) is 2.79. The summed E-state index contributed by atoms with van der Waals surface area (Å²) >= 11 is 5.88. The van der Waals surface area contributed by atoms with Gasteiger partial charge in [0.1, 0.15) is 4.90 Å². The van der Waals surface area contributed by atoms with Gasteiger partial charge in [-0.05, 0) is 18.2 Å². The van der Waals surface area contributed by atoms with Crippen molar-refractivity contribution in [3.05, 3.63) is 41.4 Å². The van der Waals surface area contributed by atoms with E-state index in [4.69, 9.17) is 16.3 Å². The molecule has 0 saturated carbocycles. The highest BCUT2D eigenvalue weighted by atomic mass is 35.5. The molecule has 1 aromatic rings. The number of halogens is 1. The number of hydrogen-bond donors (Lipinski definition) is 2. The van der Waals surface area contributed by atoms with E-state index in [9.17, 15) is 22.8 Å². The second-order valence-electron chi connectivity index (χ2n) is 4.87. The number of nitrogens with one attached hydrogen (secondary N) is 2. The largest absolute Gasteiger partial charge is 0.452 e. The van der Waals surface area contributed by atoms with Crippen molar-refractivity contribution in [1.82, 2.24) is 15.1 Å². The van der Waals surface area contributed by atoms with Gasteiger partial charge in [0.2, 0.25) is 0 Å². The number of hydrogen-bond acceptors (Lipinski definition) is 7. The minimum absolute atomic E-state index is 0.132. The molecule has 27 heavy (non-hydrogen) atoms. The van der Waals surface area contributed by atoms with E-state index in [1.807, 2.05) is 5.32 Å². The number of urea groups is 1. The summed E-state index contributed by atoms with van der Waals surface area (Å²) in [5.74, 6) is -1.85. The summed E-state index contributed by atoms with van der Waals surface area (Å²) < 4.78 is 29.9. The first-order valence-corrected chi connectivity index (χ1v) is 9.13. The fourth-order valence-electron chi connectivity index (χ4n) is 1.65. The molecule has 0 radical (unpaired) electrons. The molecule has 1 rings (SSSR count). The Morgan fingerprint density at radius 1 is 1.33 bits per heavy atom. The zero-order valence-corrected chi connectivity index (χ0v) is 16.1. The van der Waals surface area contributed by atoms with E-state index in [1.54, 1.807) is 0 Å². The van der Waals surface area contributed by atoms with E-state index in [2.05, 4.69) is 16.7 Å². The maximum atomic E-state index is 12.3. The second-order valence-corrected chi connectivity index (χ2v) is 7.18. The lowest BCUT2D eigenvalue weighted by Crippen LogP contribution is -2.41. The van der Waals surface area contributed by atoms with Crippen LogP contribution in [0.15, 0.2) is 35.7 Å². The van der Waals surface area contributed by atoms with Crippen molar-refractivity contribution < 1.29 is 32.4 Å². The van der Waals surface area contributed by atoms with Crippen molar-refractivity contribution in [3.8, 4) is 0 Å². The number of rotatable bonds is 8. The highest BCUT2D eigenvalue weighted by molar-refractivity contribution is 7.89. The number of amides is 3. The van der Waals surface area contributed by atoms with Crippen LogP contribution in [0.5, 0.6) is 0 Å². The van der Waals surface area contributed by atoms with Gasteiger partial charge in [-0.15, -0.1) is 6.58 Å². The minimum atomic E-state index is -4.10. The smallest absolute Gasteiger partial charge is 0.338 e. The van der Waals surface area contributed by atoms with Gasteiger partial charge in [0, 0.05) is 13.6 Å². The Morgan fingerprint density at radius 2 is 2.00 bits per heavy atom. The van der Waals surface area contributed by atoms with Crippen LogP contribution in [0.2, 0.25) is 5.02 Å². The Hall–Kier alpha value is -2.47. The molecule has 0 aliphatic rings. The van der Waals surface area contributed by atoms with Crippen LogP contribution >= 0.6 is 11.6 Å². The van der Waals surface area contributed by atoms with Crippen molar-refractivity contribution in [2.45, 2.75) is 4.90 Å². The van der Waals surface area contributed by atoms with E-state index in [0.29, 0.717) is 4.47 Å². The van der Waals surface area contributed by atoms with Gasteiger partial charge in [0.25, 0.3) is 15.9 Å². The van der Waals surface area contributed by atoms with E-state index in [1.165, 1.54) is 18.2 Å². The number of imide groups is 1. The van der Waals surface area contributed by atoms with Gasteiger partial charge in [-0.3, -0.25) is 14.9 Å². The molecule has 0 fully saturated rings. The number of ether oxygens (including phenoxy) is 1. The second kappa shape index (κ2) is 10.0. The summed E-state index contributed by atoms with van der Waals surface area (Å²) in [7, 11) is -1.80. The zero-order chi connectivity index (χ0) is 20.6. The molecule has 2 N–H and O–H groups in total. The maximum Gasteiger partial charge on any atom is 0.338 e. The molecular formula is C15H18ClN3O7S. The molecule has 0 unspecified atom stereocenters. The maximum absolute atomic E-state index is 12.3. The van der Waals surface area contributed by atoms with Crippen LogP contribution in [0.1, 0.15) is 10.4 Å². The van der Waals surface area contributed by atoms with Crippen LogP contribution in [0.3, 0.4) is 0 Å². The molecule has 0 bridgehead atoms. The van der Waals surface area contributed by atoms with E-state index in [0.717, 1.165) is 20.2 Å². The monoisotopic (exact) mass is 419 g/mol. The predicted octanol–water partition coefficient (Wildman–Crippen LogP) is 0.690.